The number of thiazole rings is 1. The highest BCUT2D eigenvalue weighted by molar-refractivity contribution is 7.13. The van der Waals surface area contributed by atoms with Crippen LogP contribution in [0.15, 0.2) is 5.38 Å². The number of rotatable bonds is 5. The minimum absolute atomic E-state index is 0.0193. The molecule has 1 aromatic heterocycles. The summed E-state index contributed by atoms with van der Waals surface area (Å²) in [6, 6.07) is -0.217. The van der Waals surface area contributed by atoms with Crippen LogP contribution in [0.3, 0.4) is 0 Å². The zero-order valence-corrected chi connectivity index (χ0v) is 17.2. The number of piperazine rings is 1. The van der Waals surface area contributed by atoms with Gasteiger partial charge in [0.2, 0.25) is 11.8 Å². The number of nitrogens with zero attached hydrogens (tertiary/aromatic N) is 3. The fourth-order valence-corrected chi connectivity index (χ4v) is 4.42. The lowest BCUT2D eigenvalue weighted by Crippen LogP contribution is -2.51. The summed E-state index contributed by atoms with van der Waals surface area (Å²) in [7, 11) is 0. The van der Waals surface area contributed by atoms with Gasteiger partial charge in [-0.3, -0.25) is 14.9 Å². The predicted octanol–water partition coefficient (Wildman–Crippen LogP) is 2.08. The van der Waals surface area contributed by atoms with Gasteiger partial charge in [-0.1, -0.05) is 19.3 Å². The van der Waals surface area contributed by atoms with E-state index in [-0.39, 0.29) is 24.3 Å². The molecule has 0 aromatic carbocycles. The highest BCUT2D eigenvalue weighted by Crippen LogP contribution is 2.23. The molecule has 1 aliphatic carbocycles. The van der Waals surface area contributed by atoms with E-state index in [4.69, 9.17) is 0 Å². The van der Waals surface area contributed by atoms with Crippen molar-refractivity contribution in [1.82, 2.24) is 20.1 Å². The first kappa shape index (κ1) is 20.6. The van der Waals surface area contributed by atoms with Gasteiger partial charge in [-0.15, -0.1) is 11.3 Å². The molecule has 2 heterocycles. The molecule has 3 rings (SSSR count). The van der Waals surface area contributed by atoms with Gasteiger partial charge in [0.05, 0.1) is 12.1 Å². The zero-order valence-electron chi connectivity index (χ0n) is 16.4. The number of amides is 4. The topological polar surface area (TPSA) is 94.6 Å². The molecule has 1 saturated carbocycles. The van der Waals surface area contributed by atoms with Crippen molar-refractivity contribution >= 4 is 34.3 Å². The molecule has 2 fully saturated rings. The van der Waals surface area contributed by atoms with Crippen molar-refractivity contribution in [3.05, 3.63) is 11.1 Å². The molecule has 9 heteroatoms. The summed E-state index contributed by atoms with van der Waals surface area (Å²) in [5.74, 6) is 0.618. The van der Waals surface area contributed by atoms with Gasteiger partial charge < -0.3 is 15.1 Å². The highest BCUT2D eigenvalue weighted by Gasteiger charge is 2.23. The average molecular weight is 408 g/mol. The number of carbonyl (C=O) groups excluding carboxylic acids is 3. The highest BCUT2D eigenvalue weighted by atomic mass is 32.1. The van der Waals surface area contributed by atoms with Crippen molar-refractivity contribution in [1.29, 1.82) is 0 Å². The number of urea groups is 1. The van der Waals surface area contributed by atoms with Crippen LogP contribution in [0.2, 0.25) is 0 Å². The third kappa shape index (κ3) is 5.92. The quantitative estimate of drug-likeness (QED) is 0.781. The van der Waals surface area contributed by atoms with Gasteiger partial charge in [-0.2, -0.15) is 0 Å². The molecule has 8 nitrogen and oxygen atoms in total. The zero-order chi connectivity index (χ0) is 19.9. The van der Waals surface area contributed by atoms with Gasteiger partial charge in [0.1, 0.15) is 0 Å². The summed E-state index contributed by atoms with van der Waals surface area (Å²) in [6.45, 7) is 4.40. The molecule has 0 unspecified atom stereocenters. The van der Waals surface area contributed by atoms with Crippen LogP contribution < -0.4 is 10.6 Å². The second-order valence-electron chi connectivity index (χ2n) is 7.55. The summed E-state index contributed by atoms with van der Waals surface area (Å²) in [4.78, 5) is 43.6. The van der Waals surface area contributed by atoms with E-state index >= 15 is 0 Å². The molecular formula is C19H29N5O3S. The fraction of sp³-hybridized carbons (Fsp3) is 0.684. The van der Waals surface area contributed by atoms with E-state index in [0.717, 1.165) is 6.54 Å². The van der Waals surface area contributed by atoms with Crippen molar-refractivity contribution in [2.45, 2.75) is 45.4 Å². The molecule has 0 atom stereocenters. The maximum Gasteiger partial charge on any atom is 0.323 e. The largest absolute Gasteiger partial charge is 0.355 e. The molecule has 4 amide bonds. The predicted molar refractivity (Wildman–Crippen MR) is 108 cm³/mol. The Morgan fingerprint density at radius 3 is 2.46 bits per heavy atom. The second-order valence-corrected chi connectivity index (χ2v) is 8.41. The van der Waals surface area contributed by atoms with Crippen molar-refractivity contribution in [2.24, 2.45) is 5.92 Å². The minimum atomic E-state index is -0.217. The van der Waals surface area contributed by atoms with Crippen LogP contribution in [0.25, 0.3) is 0 Å². The lowest BCUT2D eigenvalue weighted by molar-refractivity contribution is -0.130. The first-order valence-electron chi connectivity index (χ1n) is 10.0. The van der Waals surface area contributed by atoms with Crippen LogP contribution in [0.5, 0.6) is 0 Å². The minimum Gasteiger partial charge on any atom is -0.355 e. The van der Waals surface area contributed by atoms with Crippen LogP contribution >= 0.6 is 11.3 Å². The number of aromatic nitrogens is 1. The van der Waals surface area contributed by atoms with Crippen molar-refractivity contribution < 1.29 is 14.4 Å². The van der Waals surface area contributed by atoms with Gasteiger partial charge in [-0.25, -0.2) is 9.78 Å². The molecular weight excluding hydrogens is 378 g/mol. The number of nitrogens with one attached hydrogen (secondary N) is 2. The molecule has 1 saturated heterocycles. The molecule has 1 aliphatic heterocycles. The van der Waals surface area contributed by atoms with E-state index in [1.165, 1.54) is 50.4 Å². The van der Waals surface area contributed by atoms with E-state index in [1.807, 2.05) is 5.38 Å². The Balaban J connectivity index is 1.40. The van der Waals surface area contributed by atoms with Crippen LogP contribution in [0.1, 0.15) is 44.7 Å². The van der Waals surface area contributed by atoms with E-state index < -0.39 is 0 Å². The summed E-state index contributed by atoms with van der Waals surface area (Å²) in [6.07, 6.45) is 6.47. The normalized spacial score (nSPS) is 18.0. The average Bonchev–Trinajstić information content (AvgIpc) is 3.14. The van der Waals surface area contributed by atoms with Gasteiger partial charge in [-0.05, 0) is 18.8 Å². The Labute approximate surface area is 169 Å². The first-order valence-corrected chi connectivity index (χ1v) is 10.9. The summed E-state index contributed by atoms with van der Waals surface area (Å²) in [5, 5.41) is 8.11. The maximum absolute atomic E-state index is 12.4. The Morgan fingerprint density at radius 2 is 1.79 bits per heavy atom. The van der Waals surface area contributed by atoms with Crippen molar-refractivity contribution in [3.63, 3.8) is 0 Å². The van der Waals surface area contributed by atoms with E-state index in [9.17, 15) is 14.4 Å². The SMILES string of the molecule is CC(=O)N1CCN(C(=O)Nc2nc(CC(=O)NCC3CCCCC3)cs2)CC1. The smallest absolute Gasteiger partial charge is 0.323 e. The van der Waals surface area contributed by atoms with Crippen LogP contribution in [-0.4, -0.2) is 65.4 Å². The van der Waals surface area contributed by atoms with Gasteiger partial charge in [0.15, 0.2) is 5.13 Å². The number of anilines is 1. The van der Waals surface area contributed by atoms with E-state index in [2.05, 4.69) is 15.6 Å². The summed E-state index contributed by atoms with van der Waals surface area (Å²) in [5.41, 5.74) is 0.669. The number of hydrogen-bond acceptors (Lipinski definition) is 5. The van der Waals surface area contributed by atoms with Gasteiger partial charge in [0, 0.05) is 45.0 Å². The maximum atomic E-state index is 12.4. The summed E-state index contributed by atoms with van der Waals surface area (Å²) < 4.78 is 0. The Kier molecular flexibility index (Phi) is 7.24. The van der Waals surface area contributed by atoms with Gasteiger partial charge in [0.25, 0.3) is 0 Å². The molecule has 0 radical (unpaired) electrons. The van der Waals surface area contributed by atoms with Crippen LogP contribution in [0.4, 0.5) is 9.93 Å². The second kappa shape index (κ2) is 9.86. The Morgan fingerprint density at radius 1 is 1.11 bits per heavy atom. The molecule has 1 aromatic rings. The Hall–Kier alpha value is -2.16. The standard InChI is InChI=1S/C19H29N5O3S/c1-14(25)23-7-9-24(10-8-23)19(27)22-18-21-16(13-28-18)11-17(26)20-12-15-5-3-2-4-6-15/h13,15H,2-12H2,1H3,(H,20,26)(H,21,22,27). The molecule has 0 bridgehead atoms. The molecule has 0 spiro atoms. The first-order chi connectivity index (χ1) is 13.5. The van der Waals surface area contributed by atoms with E-state index in [0.29, 0.717) is 42.9 Å². The van der Waals surface area contributed by atoms with E-state index in [1.54, 1.807) is 9.80 Å². The molecule has 2 aliphatic rings. The lowest BCUT2D eigenvalue weighted by Gasteiger charge is -2.33. The van der Waals surface area contributed by atoms with Crippen LogP contribution in [0, 0.1) is 5.92 Å². The van der Waals surface area contributed by atoms with Crippen LogP contribution in [-0.2, 0) is 16.0 Å². The Bertz CT molecular complexity index is 693. The van der Waals surface area contributed by atoms with Gasteiger partial charge >= 0.3 is 6.03 Å². The molecule has 28 heavy (non-hydrogen) atoms. The lowest BCUT2D eigenvalue weighted by atomic mass is 9.89. The molecule has 154 valence electrons. The summed E-state index contributed by atoms with van der Waals surface area (Å²) >= 11 is 1.32. The third-order valence-corrected chi connectivity index (χ3v) is 6.24. The van der Waals surface area contributed by atoms with Crippen molar-refractivity contribution in [2.75, 3.05) is 38.0 Å². The van der Waals surface area contributed by atoms with Crippen molar-refractivity contribution in [3.8, 4) is 0 Å². The molecule has 2 N–H and O–H groups in total. The fourth-order valence-electron chi connectivity index (χ4n) is 3.72. The number of carbonyl (C=O) groups is 3. The third-order valence-electron chi connectivity index (χ3n) is 5.43. The monoisotopic (exact) mass is 407 g/mol. The number of hydrogen-bond donors (Lipinski definition) is 2.